The Kier molecular flexibility index (Phi) is 7.11. The number of nitrogens with two attached hydrogens (primary N) is 1. The molecule has 1 unspecified atom stereocenters. The Balaban J connectivity index is 2.34. The van der Waals surface area contributed by atoms with E-state index in [9.17, 15) is 0 Å². The lowest BCUT2D eigenvalue weighted by molar-refractivity contribution is 0.110. The molecular weight excluding hydrogens is 232 g/mol. The Bertz CT molecular complexity index is 330. The van der Waals surface area contributed by atoms with Crippen LogP contribution in [0.5, 0.6) is 0 Å². The van der Waals surface area contributed by atoms with Crippen molar-refractivity contribution < 1.29 is 0 Å². The molecule has 0 spiro atoms. The third-order valence-electron chi connectivity index (χ3n) is 4.33. The largest absolute Gasteiger partial charge is 0.329 e. The smallest absolute Gasteiger partial charge is 0.0300 e. The maximum absolute atomic E-state index is 5.95. The fourth-order valence-electron chi connectivity index (χ4n) is 2.58. The lowest BCUT2D eigenvalue weighted by atomic mass is 9.96. The van der Waals surface area contributed by atoms with Crippen molar-refractivity contribution in [2.75, 3.05) is 19.6 Å². The van der Waals surface area contributed by atoms with Crippen molar-refractivity contribution in [3.05, 3.63) is 35.9 Å². The van der Waals surface area contributed by atoms with E-state index in [-0.39, 0.29) is 5.54 Å². The first-order valence-corrected chi connectivity index (χ1v) is 7.65. The first kappa shape index (κ1) is 16.2. The number of benzene rings is 1. The lowest BCUT2D eigenvalue weighted by Gasteiger charge is -2.39. The molecular formula is C17H30N2. The Hall–Kier alpha value is -0.860. The van der Waals surface area contributed by atoms with Crippen LogP contribution in [-0.4, -0.2) is 30.1 Å². The summed E-state index contributed by atoms with van der Waals surface area (Å²) in [7, 11) is 0. The maximum atomic E-state index is 5.95. The molecule has 1 rings (SSSR count). The highest BCUT2D eigenvalue weighted by Crippen LogP contribution is 2.18. The summed E-state index contributed by atoms with van der Waals surface area (Å²) in [4.78, 5) is 2.54. The van der Waals surface area contributed by atoms with E-state index in [4.69, 9.17) is 5.73 Å². The molecule has 1 atom stereocenters. The van der Waals surface area contributed by atoms with Crippen LogP contribution in [0, 0.1) is 0 Å². The first-order valence-electron chi connectivity index (χ1n) is 7.65. The molecule has 1 aromatic rings. The average Bonchev–Trinajstić information content (AvgIpc) is 2.47. The molecule has 0 heterocycles. The second kappa shape index (κ2) is 8.34. The number of aryl methyl sites for hydroxylation is 1. The van der Waals surface area contributed by atoms with Crippen molar-refractivity contribution in [1.29, 1.82) is 0 Å². The van der Waals surface area contributed by atoms with E-state index in [0.717, 1.165) is 26.1 Å². The predicted molar refractivity (Wildman–Crippen MR) is 84.4 cm³/mol. The summed E-state index contributed by atoms with van der Waals surface area (Å²) in [5.74, 6) is 0. The van der Waals surface area contributed by atoms with Crippen LogP contribution < -0.4 is 5.73 Å². The molecule has 0 bridgehead atoms. The van der Waals surface area contributed by atoms with Gasteiger partial charge >= 0.3 is 0 Å². The Morgan fingerprint density at radius 3 is 2.32 bits per heavy atom. The third kappa shape index (κ3) is 4.96. The predicted octanol–water partition coefficient (Wildman–Crippen LogP) is 3.46. The zero-order valence-corrected chi connectivity index (χ0v) is 12.9. The number of hydrogen-bond acceptors (Lipinski definition) is 2. The van der Waals surface area contributed by atoms with Gasteiger partial charge in [0.15, 0.2) is 0 Å². The number of unbranched alkanes of at least 4 members (excludes halogenated alkanes) is 1. The summed E-state index contributed by atoms with van der Waals surface area (Å²) >= 11 is 0. The SMILES string of the molecule is CCN(CCCCc1ccccc1)C(C)(CC)CN. The lowest BCUT2D eigenvalue weighted by Crippen LogP contribution is -2.51. The molecule has 2 heteroatoms. The molecule has 2 N–H and O–H groups in total. The van der Waals surface area contributed by atoms with Gasteiger partial charge in [-0.15, -0.1) is 0 Å². The van der Waals surface area contributed by atoms with Crippen molar-refractivity contribution in [1.82, 2.24) is 4.90 Å². The van der Waals surface area contributed by atoms with Gasteiger partial charge in [-0.1, -0.05) is 44.2 Å². The Labute approximate surface area is 119 Å². The molecule has 0 saturated heterocycles. The molecule has 0 radical (unpaired) electrons. The average molecular weight is 262 g/mol. The number of likely N-dealkylation sites (N-methyl/N-ethyl adjacent to an activating group) is 1. The van der Waals surface area contributed by atoms with Gasteiger partial charge < -0.3 is 5.73 Å². The molecule has 19 heavy (non-hydrogen) atoms. The van der Waals surface area contributed by atoms with Gasteiger partial charge in [0.1, 0.15) is 0 Å². The summed E-state index contributed by atoms with van der Waals surface area (Å²) in [5.41, 5.74) is 7.56. The van der Waals surface area contributed by atoms with Crippen LogP contribution in [0.3, 0.4) is 0 Å². The van der Waals surface area contributed by atoms with Crippen LogP contribution >= 0.6 is 0 Å². The van der Waals surface area contributed by atoms with E-state index >= 15 is 0 Å². The molecule has 0 aromatic heterocycles. The van der Waals surface area contributed by atoms with Gasteiger partial charge in [-0.05, 0) is 51.3 Å². The minimum Gasteiger partial charge on any atom is -0.329 e. The third-order valence-corrected chi connectivity index (χ3v) is 4.33. The topological polar surface area (TPSA) is 29.3 Å². The van der Waals surface area contributed by atoms with Gasteiger partial charge in [0.2, 0.25) is 0 Å². The van der Waals surface area contributed by atoms with Crippen LogP contribution in [0.4, 0.5) is 0 Å². The van der Waals surface area contributed by atoms with Crippen LogP contribution in [0.15, 0.2) is 30.3 Å². The van der Waals surface area contributed by atoms with Gasteiger partial charge in [-0.25, -0.2) is 0 Å². The minimum atomic E-state index is 0.168. The van der Waals surface area contributed by atoms with Crippen molar-refractivity contribution in [3.63, 3.8) is 0 Å². The maximum Gasteiger partial charge on any atom is 0.0300 e. The van der Waals surface area contributed by atoms with Crippen molar-refractivity contribution >= 4 is 0 Å². The zero-order chi connectivity index (χ0) is 14.1. The van der Waals surface area contributed by atoms with Crippen LogP contribution in [0.2, 0.25) is 0 Å². The minimum absolute atomic E-state index is 0.168. The molecule has 0 aliphatic rings. The van der Waals surface area contributed by atoms with E-state index in [2.05, 4.69) is 56.0 Å². The number of rotatable bonds is 9. The first-order chi connectivity index (χ1) is 9.16. The van der Waals surface area contributed by atoms with Crippen molar-refractivity contribution in [2.45, 2.75) is 52.0 Å². The Morgan fingerprint density at radius 2 is 1.79 bits per heavy atom. The second-order valence-corrected chi connectivity index (χ2v) is 5.58. The van der Waals surface area contributed by atoms with E-state index in [1.807, 2.05) is 0 Å². The highest BCUT2D eigenvalue weighted by atomic mass is 15.2. The molecule has 0 fully saturated rings. The van der Waals surface area contributed by atoms with E-state index in [0.29, 0.717) is 0 Å². The summed E-state index contributed by atoms with van der Waals surface area (Å²) in [6.45, 7) is 9.75. The second-order valence-electron chi connectivity index (χ2n) is 5.58. The fraction of sp³-hybridized carbons (Fsp3) is 0.647. The summed E-state index contributed by atoms with van der Waals surface area (Å²) in [6.07, 6.45) is 4.81. The molecule has 108 valence electrons. The standard InChI is InChI=1S/C17H30N2/c1-4-17(3,15-18)19(5-2)14-10-9-13-16-11-7-6-8-12-16/h6-8,11-12H,4-5,9-10,13-15,18H2,1-3H3. The summed E-state index contributed by atoms with van der Waals surface area (Å²) in [5, 5.41) is 0. The van der Waals surface area contributed by atoms with Gasteiger partial charge in [-0.3, -0.25) is 4.90 Å². The highest BCUT2D eigenvalue weighted by Gasteiger charge is 2.26. The van der Waals surface area contributed by atoms with Crippen LogP contribution in [0.25, 0.3) is 0 Å². The van der Waals surface area contributed by atoms with E-state index in [1.54, 1.807) is 0 Å². The molecule has 2 nitrogen and oxygen atoms in total. The number of nitrogens with zero attached hydrogens (tertiary/aromatic N) is 1. The monoisotopic (exact) mass is 262 g/mol. The Morgan fingerprint density at radius 1 is 1.11 bits per heavy atom. The van der Waals surface area contributed by atoms with E-state index < -0.39 is 0 Å². The van der Waals surface area contributed by atoms with E-state index in [1.165, 1.54) is 24.8 Å². The van der Waals surface area contributed by atoms with Crippen LogP contribution in [-0.2, 0) is 6.42 Å². The fourth-order valence-corrected chi connectivity index (χ4v) is 2.58. The number of hydrogen-bond donors (Lipinski definition) is 1. The van der Waals surface area contributed by atoms with Crippen molar-refractivity contribution in [2.24, 2.45) is 5.73 Å². The van der Waals surface area contributed by atoms with Crippen LogP contribution in [0.1, 0.15) is 45.6 Å². The van der Waals surface area contributed by atoms with Crippen molar-refractivity contribution in [3.8, 4) is 0 Å². The summed E-state index contributed by atoms with van der Waals surface area (Å²) in [6, 6.07) is 10.8. The molecule has 0 amide bonds. The molecule has 0 aliphatic heterocycles. The summed E-state index contributed by atoms with van der Waals surface area (Å²) < 4.78 is 0. The zero-order valence-electron chi connectivity index (χ0n) is 12.9. The molecule has 0 aliphatic carbocycles. The van der Waals surface area contributed by atoms with Gasteiger partial charge in [0, 0.05) is 12.1 Å². The molecule has 0 saturated carbocycles. The normalized spacial score (nSPS) is 14.6. The molecule has 1 aromatic carbocycles. The van der Waals surface area contributed by atoms with Gasteiger partial charge in [0.05, 0.1) is 0 Å². The van der Waals surface area contributed by atoms with Gasteiger partial charge in [0.25, 0.3) is 0 Å². The van der Waals surface area contributed by atoms with Gasteiger partial charge in [-0.2, -0.15) is 0 Å². The quantitative estimate of drug-likeness (QED) is 0.691. The highest BCUT2D eigenvalue weighted by molar-refractivity contribution is 5.14.